The molecular formula is C20H18N4O3. The van der Waals surface area contributed by atoms with E-state index in [1.807, 2.05) is 25.1 Å². The molecule has 0 unspecified atom stereocenters. The van der Waals surface area contributed by atoms with Crippen LogP contribution in [0, 0.1) is 6.92 Å². The van der Waals surface area contributed by atoms with Gasteiger partial charge < -0.3 is 15.4 Å². The van der Waals surface area contributed by atoms with E-state index in [0.29, 0.717) is 11.5 Å². The fraction of sp³-hybridized carbons (Fsp3) is 0.100. The van der Waals surface area contributed by atoms with Gasteiger partial charge in [-0.05, 0) is 43.3 Å². The van der Waals surface area contributed by atoms with Gasteiger partial charge in [0.15, 0.2) is 0 Å². The first-order valence-electron chi connectivity index (χ1n) is 8.21. The average Bonchev–Trinajstić information content (AvgIpc) is 2.69. The monoisotopic (exact) mass is 362 g/mol. The summed E-state index contributed by atoms with van der Waals surface area (Å²) in [7, 11) is 1.28. The molecule has 0 spiro atoms. The number of anilines is 3. The number of rotatable bonds is 5. The number of carbonyl (C=O) groups is 2. The van der Waals surface area contributed by atoms with Crippen LogP contribution in [0.15, 0.2) is 60.9 Å². The van der Waals surface area contributed by atoms with Gasteiger partial charge in [-0.2, -0.15) is 0 Å². The van der Waals surface area contributed by atoms with E-state index in [1.54, 1.807) is 36.4 Å². The lowest BCUT2D eigenvalue weighted by Crippen LogP contribution is -2.17. The van der Waals surface area contributed by atoms with Gasteiger partial charge in [0.2, 0.25) is 0 Å². The fourth-order valence-electron chi connectivity index (χ4n) is 2.48. The van der Waals surface area contributed by atoms with Crippen LogP contribution in [0.2, 0.25) is 0 Å². The fourth-order valence-corrected chi connectivity index (χ4v) is 2.48. The number of aromatic nitrogens is 2. The topological polar surface area (TPSA) is 93.2 Å². The second kappa shape index (κ2) is 8.09. The summed E-state index contributed by atoms with van der Waals surface area (Å²) in [6.07, 6.45) is 1.49. The van der Waals surface area contributed by atoms with Crippen LogP contribution in [0.25, 0.3) is 0 Å². The molecule has 0 bridgehead atoms. The molecule has 7 heteroatoms. The number of esters is 1. The normalized spacial score (nSPS) is 10.1. The van der Waals surface area contributed by atoms with Crippen molar-refractivity contribution in [3.8, 4) is 0 Å². The van der Waals surface area contributed by atoms with E-state index in [4.69, 9.17) is 4.74 Å². The Kier molecular flexibility index (Phi) is 5.41. The third-order valence-corrected chi connectivity index (χ3v) is 3.80. The predicted octanol–water partition coefficient (Wildman–Crippen LogP) is 3.57. The summed E-state index contributed by atoms with van der Waals surface area (Å²) in [5, 5.41) is 5.94. The lowest BCUT2D eigenvalue weighted by Gasteiger charge is -2.10. The molecule has 0 saturated heterocycles. The van der Waals surface area contributed by atoms with E-state index < -0.39 is 5.97 Å². The van der Waals surface area contributed by atoms with E-state index in [2.05, 4.69) is 20.6 Å². The third kappa shape index (κ3) is 4.46. The second-order valence-corrected chi connectivity index (χ2v) is 5.74. The Labute approximate surface area is 156 Å². The zero-order chi connectivity index (χ0) is 19.2. The first kappa shape index (κ1) is 18.1. The van der Waals surface area contributed by atoms with E-state index in [9.17, 15) is 9.59 Å². The minimum atomic E-state index is -0.555. The van der Waals surface area contributed by atoms with Crippen LogP contribution < -0.4 is 10.6 Å². The Hall–Kier alpha value is -3.74. The van der Waals surface area contributed by atoms with Gasteiger partial charge in [-0.25, -0.2) is 14.8 Å². The standard InChI is InChI=1S/C20H18N4O3/c1-13-11-18(22-12-21-13)23-14-7-9-15(10-8-14)24-19(25)16-5-3-4-6-17(16)20(26)27-2/h3-12H,1-2H3,(H,24,25)(H,21,22,23). The van der Waals surface area contributed by atoms with Gasteiger partial charge >= 0.3 is 5.97 Å². The molecule has 2 N–H and O–H groups in total. The number of nitrogens with zero attached hydrogens (tertiary/aromatic N) is 2. The molecule has 1 heterocycles. The highest BCUT2D eigenvalue weighted by Gasteiger charge is 2.17. The predicted molar refractivity (Wildman–Crippen MR) is 102 cm³/mol. The maximum atomic E-state index is 12.5. The van der Waals surface area contributed by atoms with Crippen LogP contribution in [-0.4, -0.2) is 29.0 Å². The molecule has 3 aromatic rings. The number of methoxy groups -OCH3 is 1. The van der Waals surface area contributed by atoms with Gasteiger partial charge in [0.25, 0.3) is 5.91 Å². The first-order chi connectivity index (χ1) is 13.1. The number of hydrogen-bond acceptors (Lipinski definition) is 6. The number of ether oxygens (including phenoxy) is 1. The molecule has 0 atom stereocenters. The van der Waals surface area contributed by atoms with Crippen molar-refractivity contribution in [1.29, 1.82) is 0 Å². The number of nitrogens with one attached hydrogen (secondary N) is 2. The molecule has 0 aliphatic heterocycles. The van der Waals surface area contributed by atoms with Crippen molar-refractivity contribution in [2.24, 2.45) is 0 Å². The maximum Gasteiger partial charge on any atom is 0.338 e. The smallest absolute Gasteiger partial charge is 0.338 e. The molecule has 0 aliphatic rings. The minimum Gasteiger partial charge on any atom is -0.465 e. The summed E-state index contributed by atoms with van der Waals surface area (Å²) >= 11 is 0. The Bertz CT molecular complexity index is 971. The summed E-state index contributed by atoms with van der Waals surface area (Å²) in [4.78, 5) is 32.5. The van der Waals surface area contributed by atoms with E-state index in [0.717, 1.165) is 11.4 Å². The molecule has 0 fully saturated rings. The van der Waals surface area contributed by atoms with Gasteiger partial charge in [-0.1, -0.05) is 12.1 Å². The number of benzene rings is 2. The molecule has 1 amide bonds. The lowest BCUT2D eigenvalue weighted by atomic mass is 10.1. The Balaban J connectivity index is 1.72. The molecule has 0 aliphatic carbocycles. The number of amides is 1. The van der Waals surface area contributed by atoms with Crippen LogP contribution in [0.5, 0.6) is 0 Å². The third-order valence-electron chi connectivity index (χ3n) is 3.80. The molecule has 0 radical (unpaired) electrons. The second-order valence-electron chi connectivity index (χ2n) is 5.74. The van der Waals surface area contributed by atoms with Crippen LogP contribution in [0.3, 0.4) is 0 Å². The maximum absolute atomic E-state index is 12.5. The Morgan fingerprint density at radius 1 is 0.926 bits per heavy atom. The quantitative estimate of drug-likeness (QED) is 0.674. The zero-order valence-electron chi connectivity index (χ0n) is 14.9. The average molecular weight is 362 g/mol. The van der Waals surface area contributed by atoms with Gasteiger partial charge in [-0.3, -0.25) is 4.79 Å². The molecule has 2 aromatic carbocycles. The van der Waals surface area contributed by atoms with E-state index in [1.165, 1.54) is 13.4 Å². The molecule has 0 saturated carbocycles. The van der Waals surface area contributed by atoms with Gasteiger partial charge in [-0.15, -0.1) is 0 Å². The number of aryl methyl sites for hydroxylation is 1. The Morgan fingerprint density at radius 2 is 1.59 bits per heavy atom. The van der Waals surface area contributed by atoms with E-state index >= 15 is 0 Å². The van der Waals surface area contributed by atoms with E-state index in [-0.39, 0.29) is 17.0 Å². The largest absolute Gasteiger partial charge is 0.465 e. The van der Waals surface area contributed by atoms with Crippen molar-refractivity contribution in [2.75, 3.05) is 17.7 Å². The zero-order valence-corrected chi connectivity index (χ0v) is 14.9. The van der Waals surface area contributed by atoms with Gasteiger partial charge in [0.05, 0.1) is 18.2 Å². The summed E-state index contributed by atoms with van der Waals surface area (Å²) in [5.41, 5.74) is 2.75. The van der Waals surface area contributed by atoms with Crippen molar-refractivity contribution in [2.45, 2.75) is 6.92 Å². The minimum absolute atomic E-state index is 0.218. The molecule has 1 aromatic heterocycles. The Morgan fingerprint density at radius 3 is 2.26 bits per heavy atom. The van der Waals surface area contributed by atoms with Crippen LogP contribution in [0.4, 0.5) is 17.2 Å². The summed E-state index contributed by atoms with van der Waals surface area (Å²) in [6.45, 7) is 1.89. The van der Waals surface area contributed by atoms with Gasteiger partial charge in [0.1, 0.15) is 12.1 Å². The van der Waals surface area contributed by atoms with Crippen molar-refractivity contribution in [3.05, 3.63) is 77.7 Å². The van der Waals surface area contributed by atoms with Crippen LogP contribution in [0.1, 0.15) is 26.4 Å². The highest BCUT2D eigenvalue weighted by Crippen LogP contribution is 2.19. The number of carbonyl (C=O) groups excluding carboxylic acids is 2. The molecule has 3 rings (SSSR count). The highest BCUT2D eigenvalue weighted by atomic mass is 16.5. The molecule has 27 heavy (non-hydrogen) atoms. The summed E-state index contributed by atoms with van der Waals surface area (Å²) < 4.78 is 4.72. The van der Waals surface area contributed by atoms with Crippen molar-refractivity contribution in [3.63, 3.8) is 0 Å². The van der Waals surface area contributed by atoms with Crippen molar-refractivity contribution < 1.29 is 14.3 Å². The van der Waals surface area contributed by atoms with Gasteiger partial charge in [0, 0.05) is 23.1 Å². The SMILES string of the molecule is COC(=O)c1ccccc1C(=O)Nc1ccc(Nc2cc(C)ncn2)cc1. The summed E-state index contributed by atoms with van der Waals surface area (Å²) in [5.74, 6) is -0.255. The number of hydrogen-bond donors (Lipinski definition) is 2. The highest BCUT2D eigenvalue weighted by molar-refractivity contribution is 6.11. The van der Waals surface area contributed by atoms with Crippen molar-refractivity contribution in [1.82, 2.24) is 9.97 Å². The van der Waals surface area contributed by atoms with Crippen LogP contribution in [-0.2, 0) is 4.74 Å². The van der Waals surface area contributed by atoms with Crippen LogP contribution >= 0.6 is 0 Å². The van der Waals surface area contributed by atoms with Crippen molar-refractivity contribution >= 4 is 29.1 Å². The first-order valence-corrected chi connectivity index (χ1v) is 8.21. The molecule has 136 valence electrons. The molecular weight excluding hydrogens is 344 g/mol. The summed E-state index contributed by atoms with van der Waals surface area (Å²) in [6, 6.07) is 15.5. The molecule has 7 nitrogen and oxygen atoms in total. The lowest BCUT2D eigenvalue weighted by molar-refractivity contribution is 0.0597.